The Morgan fingerprint density at radius 2 is 0.667 bits per heavy atom. The van der Waals surface area contributed by atoms with Crippen molar-refractivity contribution in [3.8, 4) is 0 Å². The molecule has 3 saturated heterocycles. The van der Waals surface area contributed by atoms with Gasteiger partial charge in [0.15, 0.2) is 0 Å². The summed E-state index contributed by atoms with van der Waals surface area (Å²) < 4.78 is 217. The van der Waals surface area contributed by atoms with Gasteiger partial charge in [0.05, 0.1) is 38.1 Å². The van der Waals surface area contributed by atoms with Crippen molar-refractivity contribution in [3.63, 3.8) is 0 Å². The van der Waals surface area contributed by atoms with Crippen molar-refractivity contribution in [2.45, 2.75) is 159 Å². The largest absolute Gasteiger partial charge is 0.357 e. The summed E-state index contributed by atoms with van der Waals surface area (Å²) in [7, 11) is 0. The summed E-state index contributed by atoms with van der Waals surface area (Å²) in [5.41, 5.74) is 8.04. The van der Waals surface area contributed by atoms with Crippen molar-refractivity contribution >= 4 is 32.7 Å². The fourth-order valence-electron chi connectivity index (χ4n) is 18.4. The molecule has 0 bridgehead atoms. The van der Waals surface area contributed by atoms with Crippen LogP contribution in [0.1, 0.15) is 171 Å². The predicted molar refractivity (Wildman–Crippen MR) is 408 cm³/mol. The number of likely N-dealkylation sites (tertiary alicyclic amines) is 3. The van der Waals surface area contributed by atoms with Crippen LogP contribution in [0.3, 0.4) is 0 Å². The van der Waals surface area contributed by atoms with E-state index in [1.54, 1.807) is 16.7 Å². The van der Waals surface area contributed by atoms with E-state index in [0.717, 1.165) is 87.7 Å². The van der Waals surface area contributed by atoms with Gasteiger partial charge in [0.25, 0.3) is 0 Å². The Hall–Kier alpha value is -7.35. The van der Waals surface area contributed by atoms with Gasteiger partial charge < -0.3 is 29.7 Å². The molecular formula is C87H102F15N9. The molecule has 0 spiro atoms. The summed E-state index contributed by atoms with van der Waals surface area (Å²) in [6.45, 7) is 13.4. The zero-order valence-corrected chi connectivity index (χ0v) is 63.9. The Labute approximate surface area is 640 Å². The van der Waals surface area contributed by atoms with Crippen LogP contribution in [-0.4, -0.2) is 193 Å². The van der Waals surface area contributed by atoms with Gasteiger partial charge in [-0.1, -0.05) is 75.4 Å². The minimum Gasteiger partial charge on any atom is -0.357 e. The summed E-state index contributed by atoms with van der Waals surface area (Å²) in [5, 5.41) is 2.94. The van der Waals surface area contributed by atoms with Gasteiger partial charge in [-0.05, 0) is 177 Å². The Morgan fingerprint density at radius 3 is 0.955 bits per heavy atom. The van der Waals surface area contributed by atoms with E-state index < -0.39 is 97.7 Å². The minimum atomic E-state index is -1.75. The van der Waals surface area contributed by atoms with Gasteiger partial charge in [-0.25, -0.2) is 52.7 Å². The van der Waals surface area contributed by atoms with Crippen LogP contribution in [0.2, 0.25) is 0 Å². The van der Waals surface area contributed by atoms with Crippen LogP contribution in [0.4, 0.5) is 65.9 Å². The first-order valence-corrected chi connectivity index (χ1v) is 39.5. The molecule has 600 valence electrons. The molecule has 0 saturated carbocycles. The number of fused-ring (bicyclic) bond motifs is 9. The van der Waals surface area contributed by atoms with Gasteiger partial charge in [-0.2, -0.15) is 0 Å². The van der Waals surface area contributed by atoms with E-state index in [4.69, 9.17) is 0 Å². The maximum atomic E-state index is 15.9. The highest BCUT2D eigenvalue weighted by Crippen LogP contribution is 2.49. The summed E-state index contributed by atoms with van der Waals surface area (Å²) >= 11 is 0. The molecule has 0 aliphatic carbocycles. The molecule has 6 aliphatic heterocycles. The normalized spacial score (nSPS) is 22.7. The molecule has 9 nitrogen and oxygen atoms in total. The van der Waals surface area contributed by atoms with E-state index in [0.29, 0.717) is 106 Å². The summed E-state index contributed by atoms with van der Waals surface area (Å²) in [6.07, 6.45) is -2.73. The van der Waals surface area contributed by atoms with E-state index in [9.17, 15) is 35.1 Å². The Morgan fingerprint density at radius 1 is 0.387 bits per heavy atom. The fourth-order valence-corrected chi connectivity index (χ4v) is 18.4. The number of aromatic amines is 3. The van der Waals surface area contributed by atoms with E-state index >= 15 is 30.7 Å². The molecule has 6 aliphatic rings. The summed E-state index contributed by atoms with van der Waals surface area (Å²) in [4.78, 5) is 21.5. The molecule has 0 amide bonds. The number of rotatable bonds is 27. The van der Waals surface area contributed by atoms with Gasteiger partial charge in [-0.15, -0.1) is 0 Å². The SMILES string of the molecule is CC[C@@H](F)CN1[C@H](c2c(F)cc([C@@H](F)C3CN(CCCF)C3)cc2F)c2[nH]c3ccccc3c2C[C@H]1C.C[C@@H]1Cc2c([nH]c3ccccc23)[C@@H](c2c(F)cc([C@H](C)C3CN(CCCF)C3)cc2F)N1C[C@@H](F)CF.C[C@H](c1cc(F)c([C@@H]2c3[nH]c4ccccc4c3C[C@@H](C)N2C[C@@H](F)CF)c(F)c1)C1CN(CCCF)C1. The number of para-hydroxylation sites is 3. The zero-order valence-electron chi connectivity index (χ0n) is 63.9. The van der Waals surface area contributed by atoms with Gasteiger partial charge in [0.1, 0.15) is 72.9 Å². The van der Waals surface area contributed by atoms with Gasteiger partial charge in [-0.3, -0.25) is 27.9 Å². The first kappa shape index (κ1) is 81.7. The van der Waals surface area contributed by atoms with E-state index in [1.807, 2.05) is 117 Å². The third kappa shape index (κ3) is 17.0. The van der Waals surface area contributed by atoms with Crippen LogP contribution in [0, 0.1) is 52.7 Å². The second-order valence-electron chi connectivity index (χ2n) is 32.0. The second kappa shape index (κ2) is 35.6. The van der Waals surface area contributed by atoms with Crippen molar-refractivity contribution in [2.75, 3.05) is 112 Å². The Kier molecular flexibility index (Phi) is 26.2. The summed E-state index contributed by atoms with van der Waals surface area (Å²) in [5.74, 6) is -4.40. The molecule has 6 aromatic carbocycles. The lowest BCUT2D eigenvalue weighted by Gasteiger charge is -2.43. The van der Waals surface area contributed by atoms with Crippen molar-refractivity contribution in [3.05, 3.63) is 211 Å². The highest BCUT2D eigenvalue weighted by atomic mass is 19.2. The first-order valence-electron chi connectivity index (χ1n) is 39.5. The molecule has 3 N–H and O–H groups in total. The number of hydrogen-bond acceptors (Lipinski definition) is 6. The van der Waals surface area contributed by atoms with Crippen LogP contribution >= 0.6 is 0 Å². The maximum absolute atomic E-state index is 15.9. The van der Waals surface area contributed by atoms with Crippen LogP contribution in [-0.2, 0) is 19.3 Å². The molecule has 15 rings (SSSR count). The quantitative estimate of drug-likeness (QED) is 0.0446. The lowest BCUT2D eigenvalue weighted by molar-refractivity contribution is 0.0361. The molecule has 3 fully saturated rings. The lowest BCUT2D eigenvalue weighted by atomic mass is 9.81. The Bertz CT molecular complexity index is 4100. The highest BCUT2D eigenvalue weighted by Gasteiger charge is 2.45. The minimum absolute atomic E-state index is 0.0295. The van der Waals surface area contributed by atoms with Gasteiger partial charge >= 0.3 is 0 Å². The van der Waals surface area contributed by atoms with Gasteiger partial charge in [0.2, 0.25) is 0 Å². The molecular weight excluding hydrogens is 1460 g/mol. The highest BCUT2D eigenvalue weighted by molar-refractivity contribution is 5.87. The molecule has 9 aromatic rings. The number of benzene rings is 6. The zero-order chi connectivity index (χ0) is 78.8. The standard InChI is InChI=1S/3C29H34F5N3/c2*1-17-10-23-22-6-3-4-7-26(22)35-28(23)29(37(17)16-21(32)13-31)27-24(33)11-19(12-25(27)34)18(2)20-14-36(15-20)9-5-8-30;1-3-20(31)16-37-17(2)11-22-21-7-4-5-8-25(21)35-28(22)29(37)26-23(32)12-18(13-24(26)33)27(34)19-14-36(15-19)10-6-9-30/h2*3-4,6-7,11-12,17-18,20-21,29,35H,5,8-10,13-16H2,1-2H3;4-5,7-8,12-13,17,19-20,27,29,35H,3,6,9-11,14-16H2,1-2H3/t17-,18+,21+,29-;17-,18-,21+,29-;17-,20-,27-,29-/m111/s1. The maximum Gasteiger partial charge on any atom is 0.141 e. The summed E-state index contributed by atoms with van der Waals surface area (Å²) in [6, 6.07) is 27.6. The number of hydrogen-bond donors (Lipinski definition) is 3. The average molecular weight is 1560 g/mol. The van der Waals surface area contributed by atoms with Crippen molar-refractivity contribution in [2.24, 2.45) is 17.8 Å². The number of aromatic nitrogens is 3. The van der Waals surface area contributed by atoms with Crippen LogP contribution < -0.4 is 0 Å². The van der Waals surface area contributed by atoms with Crippen molar-refractivity contribution in [1.82, 2.24) is 44.4 Å². The monoisotopic (exact) mass is 1560 g/mol. The Balaban J connectivity index is 0.000000146. The first-order chi connectivity index (χ1) is 53.4. The molecule has 12 atom stereocenters. The topological polar surface area (TPSA) is 66.8 Å². The predicted octanol–water partition coefficient (Wildman–Crippen LogP) is 19.8. The molecule has 3 aromatic heterocycles. The van der Waals surface area contributed by atoms with E-state index in [1.165, 1.54) is 24.3 Å². The van der Waals surface area contributed by atoms with Crippen LogP contribution in [0.25, 0.3) is 32.7 Å². The van der Waals surface area contributed by atoms with Crippen molar-refractivity contribution < 1.29 is 65.9 Å². The smallest absolute Gasteiger partial charge is 0.141 e. The van der Waals surface area contributed by atoms with Crippen LogP contribution in [0.15, 0.2) is 109 Å². The fraction of sp³-hybridized carbons (Fsp3) is 0.517. The third-order valence-electron chi connectivity index (χ3n) is 24.7. The van der Waals surface area contributed by atoms with Crippen molar-refractivity contribution in [1.29, 1.82) is 0 Å². The molecule has 9 heterocycles. The lowest BCUT2D eigenvalue weighted by Crippen LogP contribution is -2.49. The number of H-pyrrole nitrogens is 3. The number of nitrogens with one attached hydrogen (secondary N) is 3. The third-order valence-corrected chi connectivity index (χ3v) is 24.7. The van der Waals surface area contributed by atoms with E-state index in [-0.39, 0.29) is 103 Å². The van der Waals surface area contributed by atoms with Crippen LogP contribution in [0.5, 0.6) is 0 Å². The molecule has 111 heavy (non-hydrogen) atoms. The number of nitrogens with zero attached hydrogens (tertiary/aromatic N) is 6. The molecule has 24 heteroatoms. The average Bonchev–Trinajstić information content (AvgIpc) is 1.67. The molecule has 0 radical (unpaired) electrons. The van der Waals surface area contributed by atoms with E-state index in [2.05, 4.69) is 24.8 Å². The number of halogens is 15. The van der Waals surface area contributed by atoms with Gasteiger partial charge in [0, 0.05) is 169 Å². The molecule has 0 unspecified atom stereocenters. The second-order valence-corrected chi connectivity index (χ2v) is 32.0. The number of alkyl halides is 9.